The Morgan fingerprint density at radius 1 is 1.75 bits per heavy atom. The Labute approximate surface area is 97.3 Å². The minimum Gasteiger partial charge on any atom is -0.352 e. The molecular weight excluding hydrogens is 226 g/mol. The molecule has 1 aromatic rings. The highest BCUT2D eigenvalue weighted by atomic mass is 32.1. The van der Waals surface area contributed by atoms with Gasteiger partial charge in [0.2, 0.25) is 5.91 Å². The highest BCUT2D eigenvalue weighted by Crippen LogP contribution is 2.08. The van der Waals surface area contributed by atoms with Crippen molar-refractivity contribution in [1.82, 2.24) is 15.6 Å². The lowest BCUT2D eigenvalue weighted by molar-refractivity contribution is -0.119. The molecule has 0 saturated carbocycles. The molecule has 1 fully saturated rings. The quantitative estimate of drug-likeness (QED) is 0.805. The minimum absolute atomic E-state index is 0.0590. The van der Waals surface area contributed by atoms with Gasteiger partial charge in [-0.05, 0) is 13.3 Å². The maximum atomic E-state index is 11.6. The van der Waals surface area contributed by atoms with E-state index < -0.39 is 0 Å². The molecule has 2 N–H and O–H groups in total. The first-order valence-electron chi connectivity index (χ1n) is 5.15. The van der Waals surface area contributed by atoms with Crippen molar-refractivity contribution in [1.29, 1.82) is 0 Å². The first-order chi connectivity index (χ1) is 7.65. The summed E-state index contributed by atoms with van der Waals surface area (Å²) in [7, 11) is 0. The fourth-order valence-electron chi connectivity index (χ4n) is 1.60. The van der Waals surface area contributed by atoms with E-state index in [4.69, 9.17) is 0 Å². The van der Waals surface area contributed by atoms with Crippen LogP contribution in [0, 0.1) is 6.92 Å². The molecule has 6 heteroatoms. The molecule has 0 spiro atoms. The van der Waals surface area contributed by atoms with Crippen molar-refractivity contribution in [2.75, 3.05) is 6.54 Å². The minimum atomic E-state index is -0.175. The molecule has 5 nitrogen and oxygen atoms in total. The first-order valence-corrected chi connectivity index (χ1v) is 6.03. The third kappa shape index (κ3) is 2.57. The van der Waals surface area contributed by atoms with Gasteiger partial charge in [-0.15, -0.1) is 11.3 Å². The maximum Gasteiger partial charge on any atom is 0.270 e. The molecule has 2 heterocycles. The molecule has 1 aromatic heterocycles. The standard InChI is InChI=1S/C10H13N3O2S/c1-6-12-8(5-16-6)10(15)11-4-7-2-3-9(14)13-7/h5,7H,2-4H2,1H3,(H,11,15)(H,13,14). The highest BCUT2D eigenvalue weighted by molar-refractivity contribution is 7.09. The first kappa shape index (κ1) is 11.1. The molecule has 0 aromatic carbocycles. The Kier molecular flexibility index (Phi) is 3.19. The predicted molar refractivity (Wildman–Crippen MR) is 60.3 cm³/mol. The summed E-state index contributed by atoms with van der Waals surface area (Å²) < 4.78 is 0. The molecule has 1 aliphatic heterocycles. The van der Waals surface area contributed by atoms with Crippen LogP contribution in [0.4, 0.5) is 0 Å². The number of aryl methyl sites for hydroxylation is 1. The van der Waals surface area contributed by atoms with Crippen LogP contribution in [-0.2, 0) is 4.79 Å². The van der Waals surface area contributed by atoms with Crippen LogP contribution in [0.5, 0.6) is 0 Å². The summed E-state index contributed by atoms with van der Waals surface area (Å²) in [6.07, 6.45) is 1.34. The van der Waals surface area contributed by atoms with Gasteiger partial charge in [-0.2, -0.15) is 0 Å². The van der Waals surface area contributed by atoms with Gasteiger partial charge in [-0.25, -0.2) is 4.98 Å². The number of hydrogen-bond donors (Lipinski definition) is 2. The van der Waals surface area contributed by atoms with Gasteiger partial charge in [0.15, 0.2) is 0 Å². The number of carbonyl (C=O) groups is 2. The van der Waals surface area contributed by atoms with Gasteiger partial charge in [0.1, 0.15) is 5.69 Å². The summed E-state index contributed by atoms with van der Waals surface area (Å²) in [4.78, 5) is 26.6. The molecule has 1 aliphatic rings. The molecular formula is C10H13N3O2S. The smallest absolute Gasteiger partial charge is 0.270 e. The lowest BCUT2D eigenvalue weighted by atomic mass is 10.2. The molecule has 1 unspecified atom stereocenters. The molecule has 1 atom stereocenters. The third-order valence-corrected chi connectivity index (χ3v) is 3.22. The van der Waals surface area contributed by atoms with Crippen molar-refractivity contribution >= 4 is 23.2 Å². The van der Waals surface area contributed by atoms with E-state index in [2.05, 4.69) is 15.6 Å². The number of thiazole rings is 1. The van der Waals surface area contributed by atoms with Gasteiger partial charge in [0.05, 0.1) is 5.01 Å². The Hall–Kier alpha value is -1.43. The lowest BCUT2D eigenvalue weighted by Gasteiger charge is -2.10. The SMILES string of the molecule is Cc1nc(C(=O)NCC2CCC(=O)N2)cs1. The zero-order valence-electron chi connectivity index (χ0n) is 8.95. The second-order valence-electron chi connectivity index (χ2n) is 3.76. The molecule has 1 saturated heterocycles. The fraction of sp³-hybridized carbons (Fsp3) is 0.500. The Balaban J connectivity index is 1.82. The van der Waals surface area contributed by atoms with Crippen molar-refractivity contribution in [3.05, 3.63) is 16.1 Å². The Bertz CT molecular complexity index is 416. The summed E-state index contributed by atoms with van der Waals surface area (Å²) in [6.45, 7) is 2.33. The van der Waals surface area contributed by atoms with Crippen LogP contribution in [0.3, 0.4) is 0 Å². The predicted octanol–water partition coefficient (Wildman–Crippen LogP) is 0.460. The maximum absolute atomic E-state index is 11.6. The van der Waals surface area contributed by atoms with E-state index >= 15 is 0 Å². The van der Waals surface area contributed by atoms with E-state index in [1.54, 1.807) is 5.38 Å². The van der Waals surface area contributed by atoms with Crippen LogP contribution >= 0.6 is 11.3 Å². The van der Waals surface area contributed by atoms with Gasteiger partial charge < -0.3 is 10.6 Å². The van der Waals surface area contributed by atoms with Crippen LogP contribution in [0.25, 0.3) is 0 Å². The number of nitrogens with one attached hydrogen (secondary N) is 2. The van der Waals surface area contributed by atoms with Crippen molar-refractivity contribution in [2.45, 2.75) is 25.8 Å². The number of carbonyl (C=O) groups excluding carboxylic acids is 2. The molecule has 0 aliphatic carbocycles. The lowest BCUT2D eigenvalue weighted by Crippen LogP contribution is -2.38. The van der Waals surface area contributed by atoms with E-state index in [0.717, 1.165) is 11.4 Å². The number of amides is 2. The van der Waals surface area contributed by atoms with E-state index in [9.17, 15) is 9.59 Å². The summed E-state index contributed by atoms with van der Waals surface area (Å²) in [5, 5.41) is 8.17. The Morgan fingerprint density at radius 2 is 2.56 bits per heavy atom. The van der Waals surface area contributed by atoms with E-state index in [0.29, 0.717) is 18.7 Å². The fourth-order valence-corrected chi connectivity index (χ4v) is 2.20. The molecule has 16 heavy (non-hydrogen) atoms. The number of rotatable bonds is 3. The second kappa shape index (κ2) is 4.61. The summed E-state index contributed by atoms with van der Waals surface area (Å²) in [6, 6.07) is 0.0659. The van der Waals surface area contributed by atoms with Crippen LogP contribution in [0.15, 0.2) is 5.38 Å². The van der Waals surface area contributed by atoms with Gasteiger partial charge in [-0.3, -0.25) is 9.59 Å². The van der Waals surface area contributed by atoms with Crippen LogP contribution in [0.2, 0.25) is 0 Å². The summed E-state index contributed by atoms with van der Waals surface area (Å²) in [5.74, 6) is -0.116. The second-order valence-corrected chi connectivity index (χ2v) is 4.83. The van der Waals surface area contributed by atoms with E-state index in [1.807, 2.05) is 6.92 Å². The van der Waals surface area contributed by atoms with Gasteiger partial charge in [-0.1, -0.05) is 0 Å². The topological polar surface area (TPSA) is 71.1 Å². The summed E-state index contributed by atoms with van der Waals surface area (Å²) >= 11 is 1.45. The van der Waals surface area contributed by atoms with Crippen molar-refractivity contribution in [3.63, 3.8) is 0 Å². The van der Waals surface area contributed by atoms with Crippen molar-refractivity contribution in [2.24, 2.45) is 0 Å². The highest BCUT2D eigenvalue weighted by Gasteiger charge is 2.21. The number of hydrogen-bond acceptors (Lipinski definition) is 4. The molecule has 2 rings (SSSR count). The number of nitrogens with zero attached hydrogens (tertiary/aromatic N) is 1. The van der Waals surface area contributed by atoms with Crippen molar-refractivity contribution < 1.29 is 9.59 Å². The Morgan fingerprint density at radius 3 is 3.12 bits per heavy atom. The number of aromatic nitrogens is 1. The summed E-state index contributed by atoms with van der Waals surface area (Å²) in [5.41, 5.74) is 0.451. The largest absolute Gasteiger partial charge is 0.352 e. The van der Waals surface area contributed by atoms with E-state index in [1.165, 1.54) is 11.3 Å². The normalized spacial score (nSPS) is 19.6. The molecule has 2 amide bonds. The van der Waals surface area contributed by atoms with Gasteiger partial charge in [0.25, 0.3) is 5.91 Å². The van der Waals surface area contributed by atoms with Crippen LogP contribution in [-0.4, -0.2) is 29.4 Å². The zero-order valence-corrected chi connectivity index (χ0v) is 9.76. The third-order valence-electron chi connectivity index (χ3n) is 2.45. The van der Waals surface area contributed by atoms with E-state index in [-0.39, 0.29) is 17.9 Å². The van der Waals surface area contributed by atoms with Gasteiger partial charge in [0, 0.05) is 24.4 Å². The van der Waals surface area contributed by atoms with Crippen LogP contribution in [0.1, 0.15) is 28.3 Å². The molecule has 86 valence electrons. The molecule has 0 radical (unpaired) electrons. The average molecular weight is 239 g/mol. The zero-order chi connectivity index (χ0) is 11.5. The van der Waals surface area contributed by atoms with Crippen LogP contribution < -0.4 is 10.6 Å². The monoisotopic (exact) mass is 239 g/mol. The van der Waals surface area contributed by atoms with Gasteiger partial charge >= 0.3 is 0 Å². The molecule has 0 bridgehead atoms. The average Bonchev–Trinajstić information content (AvgIpc) is 2.84. The van der Waals surface area contributed by atoms with Crippen molar-refractivity contribution in [3.8, 4) is 0 Å².